The molecule has 2 aliphatic heterocycles. The van der Waals surface area contributed by atoms with E-state index >= 15 is 0 Å². The zero-order valence-corrected chi connectivity index (χ0v) is 13.2. The molecule has 4 rings (SSSR count). The maximum atomic E-state index is 12.0. The number of carbonyl (C=O) groups excluding carboxylic acids is 1. The molecule has 0 amide bonds. The van der Waals surface area contributed by atoms with Gasteiger partial charge < -0.3 is 23.7 Å². The van der Waals surface area contributed by atoms with Crippen molar-refractivity contribution < 1.29 is 33.3 Å². The molecule has 0 spiro atoms. The van der Waals surface area contributed by atoms with Crippen LogP contribution in [-0.4, -0.2) is 30.4 Å². The Morgan fingerprint density at radius 3 is 2.84 bits per heavy atom. The highest BCUT2D eigenvalue weighted by Crippen LogP contribution is 2.50. The van der Waals surface area contributed by atoms with Crippen LogP contribution in [0.4, 0.5) is 0 Å². The lowest BCUT2D eigenvalue weighted by Crippen LogP contribution is -2.14. The maximum absolute atomic E-state index is 12.0. The standard InChI is InChI=1S/C17H14O8/c1-22-9-6-10-15(8-5-13(21)25-17(8)23-10)16-14(9)7(2-3-11(18)19)4-12(20)24-16/h4,6,8,17H,2-3,5H2,1H3,(H,18,19)/t8-,17-/m1/s1. The summed E-state index contributed by atoms with van der Waals surface area (Å²) in [5, 5.41) is 9.46. The Hall–Kier alpha value is -3.03. The van der Waals surface area contributed by atoms with Crippen LogP contribution in [0.1, 0.15) is 29.9 Å². The number of rotatable bonds is 4. The molecule has 1 fully saturated rings. The van der Waals surface area contributed by atoms with Gasteiger partial charge in [0.15, 0.2) is 0 Å². The van der Waals surface area contributed by atoms with E-state index in [1.54, 1.807) is 6.07 Å². The molecule has 2 atom stereocenters. The molecule has 2 aliphatic rings. The van der Waals surface area contributed by atoms with Gasteiger partial charge in [-0.05, 0) is 12.0 Å². The van der Waals surface area contributed by atoms with Gasteiger partial charge in [-0.15, -0.1) is 0 Å². The summed E-state index contributed by atoms with van der Waals surface area (Å²) in [4.78, 5) is 34.5. The van der Waals surface area contributed by atoms with E-state index in [0.29, 0.717) is 28.0 Å². The SMILES string of the molecule is COc1cc2c(c3oc(=O)cc(CCC(=O)O)c13)[C@H]1CC(=O)O[C@H]1O2. The number of aliphatic carboxylic acids is 1. The zero-order chi connectivity index (χ0) is 17.7. The van der Waals surface area contributed by atoms with Gasteiger partial charge in [0.25, 0.3) is 6.29 Å². The van der Waals surface area contributed by atoms with Crippen molar-refractivity contribution in [3.05, 3.63) is 33.7 Å². The van der Waals surface area contributed by atoms with Gasteiger partial charge in [-0.1, -0.05) is 0 Å². The van der Waals surface area contributed by atoms with Crippen LogP contribution in [0.2, 0.25) is 0 Å². The first-order valence-electron chi connectivity index (χ1n) is 7.73. The largest absolute Gasteiger partial charge is 0.496 e. The van der Waals surface area contributed by atoms with E-state index in [1.165, 1.54) is 13.2 Å². The second-order valence-electron chi connectivity index (χ2n) is 5.97. The fraction of sp³-hybridized carbons (Fsp3) is 0.353. The Morgan fingerprint density at radius 2 is 2.12 bits per heavy atom. The minimum absolute atomic E-state index is 0.127. The average Bonchev–Trinajstić information content (AvgIpc) is 3.06. The normalized spacial score (nSPS) is 20.8. The molecule has 0 unspecified atom stereocenters. The number of methoxy groups -OCH3 is 1. The van der Waals surface area contributed by atoms with Gasteiger partial charge in [-0.3, -0.25) is 9.59 Å². The molecule has 0 radical (unpaired) electrons. The molecule has 0 aliphatic carbocycles. The van der Waals surface area contributed by atoms with Crippen LogP contribution in [0.25, 0.3) is 11.0 Å². The molecule has 1 N–H and O–H groups in total. The van der Waals surface area contributed by atoms with E-state index < -0.39 is 17.9 Å². The first-order chi connectivity index (χ1) is 12.0. The monoisotopic (exact) mass is 346 g/mol. The fourth-order valence-corrected chi connectivity index (χ4v) is 3.44. The Kier molecular flexibility index (Phi) is 3.41. The van der Waals surface area contributed by atoms with E-state index in [2.05, 4.69) is 0 Å². The molecule has 2 aromatic rings. The predicted octanol–water partition coefficient (Wildman–Crippen LogP) is 1.57. The number of aryl methyl sites for hydroxylation is 1. The maximum Gasteiger partial charge on any atom is 0.336 e. The van der Waals surface area contributed by atoms with E-state index in [0.717, 1.165) is 0 Å². The molecule has 0 saturated carbocycles. The van der Waals surface area contributed by atoms with Gasteiger partial charge in [0, 0.05) is 24.1 Å². The molecule has 25 heavy (non-hydrogen) atoms. The third-order valence-electron chi connectivity index (χ3n) is 4.47. The summed E-state index contributed by atoms with van der Waals surface area (Å²) in [6, 6.07) is 2.91. The van der Waals surface area contributed by atoms with Crippen molar-refractivity contribution in [3.63, 3.8) is 0 Å². The molecule has 1 aromatic heterocycles. The predicted molar refractivity (Wildman–Crippen MR) is 82.9 cm³/mol. The second kappa shape index (κ2) is 5.51. The molecule has 1 aromatic carbocycles. The summed E-state index contributed by atoms with van der Waals surface area (Å²) in [6.45, 7) is 0. The molecule has 130 valence electrons. The van der Waals surface area contributed by atoms with Crippen molar-refractivity contribution in [3.8, 4) is 11.5 Å². The third kappa shape index (κ3) is 2.41. The van der Waals surface area contributed by atoms with Crippen LogP contribution in [0.5, 0.6) is 11.5 Å². The van der Waals surface area contributed by atoms with Gasteiger partial charge >= 0.3 is 17.6 Å². The number of hydrogen-bond acceptors (Lipinski definition) is 7. The Morgan fingerprint density at radius 1 is 1.32 bits per heavy atom. The van der Waals surface area contributed by atoms with E-state index in [9.17, 15) is 14.4 Å². The molecular formula is C17H14O8. The van der Waals surface area contributed by atoms with Gasteiger partial charge in [-0.25, -0.2) is 4.79 Å². The van der Waals surface area contributed by atoms with Crippen LogP contribution >= 0.6 is 0 Å². The number of carboxylic acid groups (broad SMARTS) is 1. The lowest BCUT2D eigenvalue weighted by molar-refractivity contribution is -0.150. The van der Waals surface area contributed by atoms with Crippen molar-refractivity contribution in [2.45, 2.75) is 31.5 Å². The number of fused-ring (bicyclic) bond motifs is 5. The first-order valence-corrected chi connectivity index (χ1v) is 7.73. The summed E-state index contributed by atoms with van der Waals surface area (Å²) in [6.07, 6.45) is -0.604. The Labute approximate surface area is 140 Å². The minimum Gasteiger partial charge on any atom is -0.496 e. The van der Waals surface area contributed by atoms with Crippen LogP contribution in [0.15, 0.2) is 21.3 Å². The highest BCUT2D eigenvalue weighted by molar-refractivity contribution is 5.93. The first kappa shape index (κ1) is 15.5. The minimum atomic E-state index is -0.972. The molecule has 8 heteroatoms. The quantitative estimate of drug-likeness (QED) is 0.656. The van der Waals surface area contributed by atoms with Crippen LogP contribution < -0.4 is 15.1 Å². The van der Waals surface area contributed by atoms with Crippen LogP contribution in [-0.2, 0) is 20.7 Å². The Bertz CT molecular complexity index is 957. The number of ether oxygens (including phenoxy) is 3. The molecule has 8 nitrogen and oxygen atoms in total. The highest BCUT2D eigenvalue weighted by Gasteiger charge is 2.46. The fourth-order valence-electron chi connectivity index (χ4n) is 3.44. The van der Waals surface area contributed by atoms with Crippen molar-refractivity contribution in [2.24, 2.45) is 0 Å². The number of carbonyl (C=O) groups is 2. The zero-order valence-electron chi connectivity index (χ0n) is 13.2. The van der Waals surface area contributed by atoms with Crippen LogP contribution in [0.3, 0.4) is 0 Å². The highest BCUT2D eigenvalue weighted by atomic mass is 16.7. The summed E-state index contributed by atoms with van der Waals surface area (Å²) < 4.78 is 21.6. The molecule has 3 heterocycles. The van der Waals surface area contributed by atoms with Gasteiger partial charge in [0.1, 0.15) is 17.1 Å². The summed E-state index contributed by atoms with van der Waals surface area (Å²) in [7, 11) is 1.46. The molecular weight excluding hydrogens is 332 g/mol. The number of benzene rings is 1. The van der Waals surface area contributed by atoms with Crippen molar-refractivity contribution >= 4 is 22.9 Å². The number of esters is 1. The van der Waals surface area contributed by atoms with E-state index in [1.807, 2.05) is 0 Å². The number of carboxylic acids is 1. The van der Waals surface area contributed by atoms with Gasteiger partial charge in [0.05, 0.1) is 24.8 Å². The van der Waals surface area contributed by atoms with Crippen molar-refractivity contribution in [2.75, 3.05) is 7.11 Å². The number of hydrogen-bond donors (Lipinski definition) is 1. The average molecular weight is 346 g/mol. The van der Waals surface area contributed by atoms with Gasteiger partial charge in [0.2, 0.25) is 0 Å². The Balaban J connectivity index is 1.96. The lowest BCUT2D eigenvalue weighted by atomic mass is 9.93. The second-order valence-corrected chi connectivity index (χ2v) is 5.97. The van der Waals surface area contributed by atoms with E-state index in [-0.39, 0.29) is 36.7 Å². The van der Waals surface area contributed by atoms with Gasteiger partial charge in [-0.2, -0.15) is 0 Å². The molecule has 0 bridgehead atoms. The van der Waals surface area contributed by atoms with Crippen LogP contribution in [0, 0.1) is 0 Å². The summed E-state index contributed by atoms with van der Waals surface area (Å²) in [5.74, 6) is -0.878. The van der Waals surface area contributed by atoms with Crippen molar-refractivity contribution in [1.29, 1.82) is 0 Å². The summed E-state index contributed by atoms with van der Waals surface area (Å²) in [5.41, 5.74) is 0.757. The topological polar surface area (TPSA) is 112 Å². The molecule has 1 saturated heterocycles. The van der Waals surface area contributed by atoms with E-state index in [4.69, 9.17) is 23.7 Å². The smallest absolute Gasteiger partial charge is 0.336 e. The van der Waals surface area contributed by atoms with Crippen molar-refractivity contribution in [1.82, 2.24) is 0 Å². The third-order valence-corrected chi connectivity index (χ3v) is 4.47. The summed E-state index contributed by atoms with van der Waals surface area (Å²) >= 11 is 0. The lowest BCUT2D eigenvalue weighted by Gasteiger charge is -2.13.